The highest BCUT2D eigenvalue weighted by Crippen LogP contribution is 2.47. The van der Waals surface area contributed by atoms with Crippen LogP contribution in [0.3, 0.4) is 0 Å². The second-order valence-electron chi connectivity index (χ2n) is 26.7. The summed E-state index contributed by atoms with van der Waals surface area (Å²) in [6.07, 6.45) is 5.49. The lowest BCUT2D eigenvalue weighted by molar-refractivity contribution is -0.139. The highest BCUT2D eigenvalue weighted by Gasteiger charge is 2.45. The molecule has 4 aromatic carbocycles. The van der Waals surface area contributed by atoms with Crippen LogP contribution in [0.5, 0.6) is 6.01 Å². The first-order valence-electron chi connectivity index (χ1n) is 32.1. The van der Waals surface area contributed by atoms with Gasteiger partial charge < -0.3 is 44.3 Å². The fraction of sp³-hybridized carbons (Fsp3) is 0.514. The monoisotopic (exact) mass is 1320 g/mol. The number of piperazine rings is 1. The second-order valence-corrected chi connectivity index (χ2v) is 28.1. The number of nitriles is 1. The highest BCUT2D eigenvalue weighted by molar-refractivity contribution is 7.23. The number of rotatable bonds is 17. The molecule has 6 aromatic rings. The summed E-state index contributed by atoms with van der Waals surface area (Å²) in [6.45, 7) is 26.7. The van der Waals surface area contributed by atoms with Crippen LogP contribution in [-0.4, -0.2) is 150 Å². The molecule has 10 rings (SSSR count). The fourth-order valence-corrected chi connectivity index (χ4v) is 13.4. The first kappa shape index (κ1) is 71.1. The normalized spacial score (nSPS) is 17.5. The predicted molar refractivity (Wildman–Crippen MR) is 361 cm³/mol. The maximum Gasteiger partial charge on any atom is 0.412 e. The Morgan fingerprint density at radius 3 is 2.14 bits per heavy atom. The third-order valence-corrected chi connectivity index (χ3v) is 17.6. The molecule has 0 aliphatic carbocycles. The Hall–Kier alpha value is -7.71. The molecule has 2 aromatic heterocycles. The van der Waals surface area contributed by atoms with Gasteiger partial charge in [0.25, 0.3) is 0 Å². The number of ether oxygens (including phenoxy) is 4. The minimum atomic E-state index is -0.830. The number of hydrogen-bond acceptors (Lipinski definition) is 15. The SMILES string of the molecule is CC(C)C.COc1nc(N2CC3CCC(C2)N3C(=O)OC(C)(C)C)c2cc(Cl)c(-c3ccc(F)c4sc(NC(=O)OC(C)(C)C)c(C#N)c34)c(F)c2n1.Cc1ccccc1-c1ccc(C(C)NC(=O)C2CCCN2C(=O)CNC(=O)CCOCCCN2CCCC2)cc1. The molecule has 4 saturated heterocycles. The Balaban J connectivity index is 0.000000230. The summed E-state index contributed by atoms with van der Waals surface area (Å²) in [5.74, 6) is -0.874. The number of hydrogen-bond donors (Lipinski definition) is 3. The Kier molecular flexibility index (Phi) is 24.1. The van der Waals surface area contributed by atoms with Gasteiger partial charge in [0.2, 0.25) is 17.7 Å². The number of carbonyl (C=O) groups excluding carboxylic acids is 5. The molecule has 0 spiro atoms. The Labute approximate surface area is 553 Å². The van der Waals surface area contributed by atoms with Gasteiger partial charge in [-0.2, -0.15) is 15.2 Å². The third kappa shape index (κ3) is 18.4. The molecule has 0 saturated carbocycles. The van der Waals surface area contributed by atoms with E-state index in [4.69, 9.17) is 30.5 Å². The van der Waals surface area contributed by atoms with Gasteiger partial charge in [-0.05, 0) is 159 Å². The maximum absolute atomic E-state index is 16.9. The summed E-state index contributed by atoms with van der Waals surface area (Å²) in [4.78, 5) is 80.5. The molecule has 23 heteroatoms. The highest BCUT2D eigenvalue weighted by atomic mass is 35.5. The van der Waals surface area contributed by atoms with E-state index in [0.29, 0.717) is 50.5 Å². The van der Waals surface area contributed by atoms with Crippen LogP contribution < -0.4 is 25.6 Å². The number of carbonyl (C=O) groups is 5. The van der Waals surface area contributed by atoms with Crippen molar-refractivity contribution < 1.29 is 51.7 Å². The quantitative estimate of drug-likeness (QED) is 0.0723. The zero-order valence-corrected chi connectivity index (χ0v) is 57.2. The lowest BCUT2D eigenvalue weighted by Gasteiger charge is -2.42. The number of methoxy groups -OCH3 is 1. The average molecular weight is 1320 g/mol. The van der Waals surface area contributed by atoms with Gasteiger partial charge in [0, 0.05) is 55.5 Å². The van der Waals surface area contributed by atoms with Crippen molar-refractivity contribution in [3.05, 3.63) is 100 Å². The molecule has 19 nitrogen and oxygen atoms in total. The molecular weight excluding hydrogens is 1230 g/mol. The summed E-state index contributed by atoms with van der Waals surface area (Å²) in [7, 11) is 1.37. The van der Waals surface area contributed by atoms with Gasteiger partial charge in [-0.3, -0.25) is 24.6 Å². The van der Waals surface area contributed by atoms with Gasteiger partial charge in [-0.15, -0.1) is 11.3 Å². The molecule has 4 aliphatic heterocycles. The van der Waals surface area contributed by atoms with Crippen molar-refractivity contribution in [2.45, 2.75) is 163 Å². The van der Waals surface area contributed by atoms with Gasteiger partial charge >= 0.3 is 18.2 Å². The summed E-state index contributed by atoms with van der Waals surface area (Å²) in [5.41, 5.74) is 2.95. The molecule has 500 valence electrons. The minimum absolute atomic E-state index is 0.0231. The van der Waals surface area contributed by atoms with E-state index in [1.54, 1.807) is 36.6 Å². The van der Waals surface area contributed by atoms with Gasteiger partial charge in [-0.25, -0.2) is 18.4 Å². The van der Waals surface area contributed by atoms with Crippen LogP contribution in [0, 0.1) is 35.8 Å². The Morgan fingerprint density at radius 2 is 1.51 bits per heavy atom. The van der Waals surface area contributed by atoms with Crippen LogP contribution in [0.15, 0.2) is 66.7 Å². The zero-order chi connectivity index (χ0) is 67.5. The van der Waals surface area contributed by atoms with E-state index in [1.807, 2.05) is 62.9 Å². The van der Waals surface area contributed by atoms with Crippen molar-refractivity contribution >= 4 is 84.7 Å². The van der Waals surface area contributed by atoms with Crippen LogP contribution in [0.1, 0.15) is 143 Å². The standard InChI is InChI=1S/C34H35ClF2N6O5S.C32H44N4O4.C4H10/c1-33(2,3)47-31(44)41-29-20(13-38)23-18(10-11-22(36)27(23)49-29)24-21(35)12-19-26(25(24)37)39-30(46-7)40-28(19)42-14-16-8-9-17(15-42)43(16)32(45)48-34(4,5)6;1-24-9-3-4-10-28(24)27-14-12-26(13-15-27)25(2)34-32(39)29-11-7-20-36(29)31(38)23-33-30(37)16-22-40-21-8-19-35-17-5-6-18-35;1-4(2)3/h10-12,16-17H,8-9,14-15H2,1-7H3,(H,41,44);3-4,9-10,12-15,25,29H,5-8,11,16-23H2,1-2H3,(H,33,37)(H,34,39);4H,1-3H3. The van der Waals surface area contributed by atoms with Crippen molar-refractivity contribution in [1.82, 2.24) is 35.3 Å². The molecule has 5 amide bonds. The van der Waals surface area contributed by atoms with E-state index < -0.39 is 35.0 Å². The van der Waals surface area contributed by atoms with Gasteiger partial charge in [0.05, 0.1) is 53.7 Å². The smallest absolute Gasteiger partial charge is 0.412 e. The van der Waals surface area contributed by atoms with E-state index in [-0.39, 0.29) is 103 Å². The van der Waals surface area contributed by atoms with Crippen molar-refractivity contribution in [1.29, 1.82) is 5.26 Å². The minimum Gasteiger partial charge on any atom is -0.467 e. The number of aryl methyl sites for hydroxylation is 1. The number of fused-ring (bicyclic) bond motifs is 4. The van der Waals surface area contributed by atoms with E-state index in [0.717, 1.165) is 66.7 Å². The van der Waals surface area contributed by atoms with Crippen molar-refractivity contribution in [3.63, 3.8) is 0 Å². The summed E-state index contributed by atoms with van der Waals surface area (Å²) >= 11 is 7.67. The number of likely N-dealkylation sites (tertiary alicyclic amines) is 2. The van der Waals surface area contributed by atoms with Gasteiger partial charge in [0.1, 0.15) is 45.5 Å². The van der Waals surface area contributed by atoms with Crippen molar-refractivity contribution in [2.24, 2.45) is 5.92 Å². The van der Waals surface area contributed by atoms with E-state index in [1.165, 1.54) is 50.2 Å². The number of aromatic nitrogens is 2. The Morgan fingerprint density at radius 1 is 0.839 bits per heavy atom. The number of nitrogens with one attached hydrogen (secondary N) is 3. The van der Waals surface area contributed by atoms with Crippen molar-refractivity contribution in [2.75, 3.05) is 76.4 Å². The summed E-state index contributed by atoms with van der Waals surface area (Å²) < 4.78 is 54.1. The molecule has 4 atom stereocenters. The van der Waals surface area contributed by atoms with Crippen LogP contribution in [-0.2, 0) is 28.6 Å². The van der Waals surface area contributed by atoms with Gasteiger partial charge in [-0.1, -0.05) is 87.0 Å². The molecule has 4 aliphatic rings. The number of nitrogens with zero attached hydrogens (tertiary/aromatic N) is 7. The molecule has 4 fully saturated rings. The predicted octanol–water partition coefficient (Wildman–Crippen LogP) is 13.8. The van der Waals surface area contributed by atoms with Crippen LogP contribution in [0.2, 0.25) is 5.02 Å². The van der Waals surface area contributed by atoms with E-state index in [2.05, 4.69) is 82.8 Å². The summed E-state index contributed by atoms with van der Waals surface area (Å²) in [6, 6.07) is 21.5. The van der Waals surface area contributed by atoms with Crippen LogP contribution in [0.25, 0.3) is 43.2 Å². The zero-order valence-electron chi connectivity index (χ0n) is 55.6. The Bertz CT molecular complexity index is 3680. The molecule has 2 bridgehead atoms. The largest absolute Gasteiger partial charge is 0.467 e. The molecule has 4 unspecified atom stereocenters. The lowest BCUT2D eigenvalue weighted by Crippen LogP contribution is -2.57. The maximum atomic E-state index is 16.9. The average Bonchev–Trinajstić information content (AvgIpc) is 1.73. The van der Waals surface area contributed by atoms with Crippen LogP contribution in [0.4, 0.5) is 29.2 Å². The summed E-state index contributed by atoms with van der Waals surface area (Å²) in [5, 5.41) is 18.9. The first-order chi connectivity index (χ1) is 44.1. The number of anilines is 2. The van der Waals surface area contributed by atoms with Crippen LogP contribution >= 0.6 is 22.9 Å². The van der Waals surface area contributed by atoms with E-state index >= 15 is 8.78 Å². The van der Waals surface area contributed by atoms with E-state index in [9.17, 15) is 29.2 Å². The lowest BCUT2D eigenvalue weighted by atomic mass is 9.97. The molecule has 0 radical (unpaired) electrons. The number of amides is 5. The first-order valence-corrected chi connectivity index (χ1v) is 33.3. The molecule has 3 N–H and O–H groups in total. The third-order valence-electron chi connectivity index (χ3n) is 16.2. The number of halogens is 3. The molecule has 93 heavy (non-hydrogen) atoms. The number of benzene rings is 4. The van der Waals surface area contributed by atoms with Crippen molar-refractivity contribution in [3.8, 4) is 34.3 Å². The molecule has 6 heterocycles. The second kappa shape index (κ2) is 31.5. The number of thiophene rings is 1. The topological polar surface area (TPSA) is 221 Å². The fourth-order valence-electron chi connectivity index (χ4n) is 12.0. The van der Waals surface area contributed by atoms with Gasteiger partial charge in [0.15, 0.2) is 5.82 Å². The molecular formula is C70H89ClF2N10O9S.